The van der Waals surface area contributed by atoms with Crippen LogP contribution in [0.4, 0.5) is 0 Å². The fourth-order valence-electron chi connectivity index (χ4n) is 2.79. The van der Waals surface area contributed by atoms with Crippen LogP contribution in [-0.2, 0) is 12.8 Å². The van der Waals surface area contributed by atoms with Gasteiger partial charge in [-0.3, -0.25) is 0 Å². The second kappa shape index (κ2) is 6.45. The summed E-state index contributed by atoms with van der Waals surface area (Å²) in [6.07, 6.45) is 3.71. The third-order valence-corrected chi connectivity index (χ3v) is 4.76. The molecule has 0 fully saturated rings. The summed E-state index contributed by atoms with van der Waals surface area (Å²) in [5, 5.41) is 0.919. The zero-order chi connectivity index (χ0) is 13.8. The standard InChI is InChI=1S/C18H19BrO/c19-12-17(14-5-2-1-3-6-14)13-20-18-10-9-15-7-4-8-16(15)11-18/h1-3,5-6,9-11,17H,4,7-8,12-13H2. The highest BCUT2D eigenvalue weighted by atomic mass is 79.9. The summed E-state index contributed by atoms with van der Waals surface area (Å²) in [6.45, 7) is 0.716. The van der Waals surface area contributed by atoms with Gasteiger partial charge in [0, 0.05) is 11.2 Å². The van der Waals surface area contributed by atoms with E-state index in [1.165, 1.54) is 36.0 Å². The molecule has 0 bridgehead atoms. The largest absolute Gasteiger partial charge is 0.493 e. The van der Waals surface area contributed by atoms with E-state index in [1.807, 2.05) is 0 Å². The molecule has 0 N–H and O–H groups in total. The van der Waals surface area contributed by atoms with E-state index in [9.17, 15) is 0 Å². The van der Waals surface area contributed by atoms with E-state index in [1.54, 1.807) is 0 Å². The van der Waals surface area contributed by atoms with Gasteiger partial charge < -0.3 is 4.74 Å². The quantitative estimate of drug-likeness (QED) is 0.720. The SMILES string of the molecule is BrCC(COc1ccc2c(c1)CCC2)c1ccccc1. The van der Waals surface area contributed by atoms with Crippen LogP contribution in [-0.4, -0.2) is 11.9 Å². The minimum absolute atomic E-state index is 0.393. The molecule has 0 spiro atoms. The van der Waals surface area contributed by atoms with E-state index in [4.69, 9.17) is 4.74 Å². The summed E-state index contributed by atoms with van der Waals surface area (Å²) < 4.78 is 6.01. The molecule has 2 aromatic rings. The highest BCUT2D eigenvalue weighted by Crippen LogP contribution is 2.27. The third kappa shape index (κ3) is 3.06. The Hall–Kier alpha value is -1.28. The summed E-state index contributed by atoms with van der Waals surface area (Å²) in [4.78, 5) is 0. The molecule has 0 amide bonds. The van der Waals surface area contributed by atoms with Gasteiger partial charge >= 0.3 is 0 Å². The Kier molecular flexibility index (Phi) is 4.41. The summed E-state index contributed by atoms with van der Waals surface area (Å²) in [5.41, 5.74) is 4.29. The Morgan fingerprint density at radius 2 is 1.80 bits per heavy atom. The van der Waals surface area contributed by atoms with Crippen LogP contribution in [0.2, 0.25) is 0 Å². The minimum Gasteiger partial charge on any atom is -0.493 e. The molecule has 0 saturated carbocycles. The van der Waals surface area contributed by atoms with E-state index in [-0.39, 0.29) is 0 Å². The summed E-state index contributed by atoms with van der Waals surface area (Å²) in [6, 6.07) is 17.1. The molecule has 0 radical (unpaired) electrons. The number of aryl methyl sites for hydroxylation is 2. The van der Waals surface area contributed by atoms with Gasteiger partial charge in [0.15, 0.2) is 0 Å². The molecule has 0 saturated heterocycles. The first-order chi connectivity index (χ1) is 9.86. The van der Waals surface area contributed by atoms with Gasteiger partial charge in [-0.15, -0.1) is 0 Å². The van der Waals surface area contributed by atoms with Gasteiger partial charge in [0.05, 0.1) is 6.61 Å². The van der Waals surface area contributed by atoms with Crippen molar-refractivity contribution < 1.29 is 4.74 Å². The Balaban J connectivity index is 1.66. The molecule has 1 nitrogen and oxygen atoms in total. The van der Waals surface area contributed by atoms with E-state index in [0.717, 1.165) is 11.1 Å². The summed E-state index contributed by atoms with van der Waals surface area (Å²) in [7, 11) is 0. The van der Waals surface area contributed by atoms with Crippen LogP contribution in [0.1, 0.15) is 29.0 Å². The highest BCUT2D eigenvalue weighted by Gasteiger charge is 2.13. The van der Waals surface area contributed by atoms with Crippen molar-refractivity contribution >= 4 is 15.9 Å². The number of rotatable bonds is 5. The van der Waals surface area contributed by atoms with Crippen LogP contribution in [0, 0.1) is 0 Å². The number of ether oxygens (including phenoxy) is 1. The van der Waals surface area contributed by atoms with Gasteiger partial charge in [-0.05, 0) is 48.1 Å². The van der Waals surface area contributed by atoms with Crippen molar-refractivity contribution in [3.63, 3.8) is 0 Å². The number of alkyl halides is 1. The molecule has 0 aliphatic heterocycles. The Morgan fingerprint density at radius 3 is 2.60 bits per heavy atom. The first-order valence-electron chi connectivity index (χ1n) is 7.22. The second-order valence-corrected chi connectivity index (χ2v) is 6.00. The molecule has 20 heavy (non-hydrogen) atoms. The van der Waals surface area contributed by atoms with Gasteiger partial charge in [0.1, 0.15) is 5.75 Å². The Morgan fingerprint density at radius 1 is 1.00 bits per heavy atom. The lowest BCUT2D eigenvalue weighted by Crippen LogP contribution is -2.11. The van der Waals surface area contributed by atoms with Crippen LogP contribution in [0.15, 0.2) is 48.5 Å². The molecular weight excluding hydrogens is 312 g/mol. The van der Waals surface area contributed by atoms with Crippen LogP contribution in [0.5, 0.6) is 5.75 Å². The molecule has 1 atom stereocenters. The van der Waals surface area contributed by atoms with Crippen molar-refractivity contribution in [3.05, 3.63) is 65.2 Å². The third-order valence-electron chi connectivity index (χ3n) is 3.98. The maximum Gasteiger partial charge on any atom is 0.119 e. The zero-order valence-corrected chi connectivity index (χ0v) is 13.1. The van der Waals surface area contributed by atoms with Crippen LogP contribution < -0.4 is 4.74 Å². The van der Waals surface area contributed by atoms with E-state index < -0.39 is 0 Å². The van der Waals surface area contributed by atoms with Gasteiger partial charge in [0.25, 0.3) is 0 Å². The maximum absolute atomic E-state index is 6.01. The Bertz CT molecular complexity index is 565. The van der Waals surface area contributed by atoms with Gasteiger partial charge in [0.2, 0.25) is 0 Å². The van der Waals surface area contributed by atoms with E-state index in [0.29, 0.717) is 12.5 Å². The van der Waals surface area contributed by atoms with Gasteiger partial charge in [-0.1, -0.05) is 52.3 Å². The zero-order valence-electron chi connectivity index (χ0n) is 11.5. The molecule has 2 aromatic carbocycles. The molecule has 0 aromatic heterocycles. The summed E-state index contributed by atoms with van der Waals surface area (Å²) >= 11 is 3.60. The predicted octanol–water partition coefficient (Wildman–Crippen LogP) is 4.73. The lowest BCUT2D eigenvalue weighted by molar-refractivity contribution is 0.298. The van der Waals surface area contributed by atoms with Crippen molar-refractivity contribution in [2.45, 2.75) is 25.2 Å². The first-order valence-corrected chi connectivity index (χ1v) is 8.34. The van der Waals surface area contributed by atoms with Crippen LogP contribution in [0.25, 0.3) is 0 Å². The normalized spacial score (nSPS) is 14.8. The highest BCUT2D eigenvalue weighted by molar-refractivity contribution is 9.09. The number of halogens is 1. The Labute approximate surface area is 129 Å². The maximum atomic E-state index is 6.01. The minimum atomic E-state index is 0.393. The number of hydrogen-bond donors (Lipinski definition) is 0. The predicted molar refractivity (Wildman–Crippen MR) is 86.9 cm³/mol. The molecule has 3 rings (SSSR count). The first kappa shape index (κ1) is 13.7. The smallest absolute Gasteiger partial charge is 0.119 e. The fourth-order valence-corrected chi connectivity index (χ4v) is 3.35. The van der Waals surface area contributed by atoms with Crippen LogP contribution in [0.3, 0.4) is 0 Å². The summed E-state index contributed by atoms with van der Waals surface area (Å²) in [5.74, 6) is 1.40. The number of fused-ring (bicyclic) bond motifs is 1. The number of hydrogen-bond acceptors (Lipinski definition) is 1. The topological polar surface area (TPSA) is 9.23 Å². The fraction of sp³-hybridized carbons (Fsp3) is 0.333. The molecule has 1 aliphatic rings. The van der Waals surface area contributed by atoms with Gasteiger partial charge in [-0.25, -0.2) is 0 Å². The van der Waals surface area contributed by atoms with Crippen molar-refractivity contribution in [3.8, 4) is 5.75 Å². The average molecular weight is 331 g/mol. The van der Waals surface area contributed by atoms with Crippen LogP contribution >= 0.6 is 15.9 Å². The van der Waals surface area contributed by atoms with Gasteiger partial charge in [-0.2, -0.15) is 0 Å². The number of benzene rings is 2. The molecular formula is C18H19BrO. The molecule has 0 heterocycles. The molecule has 104 valence electrons. The van der Waals surface area contributed by atoms with Crippen molar-refractivity contribution in [2.24, 2.45) is 0 Å². The lowest BCUT2D eigenvalue weighted by Gasteiger charge is -2.16. The average Bonchev–Trinajstić information content (AvgIpc) is 2.96. The van der Waals surface area contributed by atoms with E-state index in [2.05, 4.69) is 64.5 Å². The molecule has 2 heteroatoms. The monoisotopic (exact) mass is 330 g/mol. The van der Waals surface area contributed by atoms with E-state index >= 15 is 0 Å². The van der Waals surface area contributed by atoms with Crippen molar-refractivity contribution in [1.82, 2.24) is 0 Å². The second-order valence-electron chi connectivity index (χ2n) is 5.36. The lowest BCUT2D eigenvalue weighted by atomic mass is 10.0. The van der Waals surface area contributed by atoms with Crippen molar-refractivity contribution in [1.29, 1.82) is 0 Å². The molecule has 1 unspecified atom stereocenters. The van der Waals surface area contributed by atoms with Crippen molar-refractivity contribution in [2.75, 3.05) is 11.9 Å². The molecule has 1 aliphatic carbocycles.